The molecule has 0 amide bonds. The summed E-state index contributed by atoms with van der Waals surface area (Å²) in [5, 5.41) is 9.25. The molecule has 1 atom stereocenters. The van der Waals surface area contributed by atoms with Crippen LogP contribution in [-0.4, -0.2) is 28.1 Å². The molecule has 0 aliphatic heterocycles. The monoisotopic (exact) mass is 217 g/mol. The maximum Gasteiger partial charge on any atom is 0.321 e. The van der Waals surface area contributed by atoms with Crippen molar-refractivity contribution in [3.63, 3.8) is 0 Å². The summed E-state index contributed by atoms with van der Waals surface area (Å²) < 4.78 is 0. The highest BCUT2D eigenvalue weighted by Gasteiger charge is 2.20. The standard InChI is InChI=1S/C10H19NO2S/c1-7-2-4-8(5-3-7)14-6-9(11)10(12)13/h7-9H,2-6,11H2,1H3,(H,12,13)/t7?,8?,9-/m0/s1. The molecule has 0 aromatic carbocycles. The number of carbonyl (C=O) groups is 1. The van der Waals surface area contributed by atoms with Gasteiger partial charge in [-0.05, 0) is 31.6 Å². The first kappa shape index (κ1) is 11.9. The van der Waals surface area contributed by atoms with Crippen LogP contribution in [0, 0.1) is 5.92 Å². The van der Waals surface area contributed by atoms with Gasteiger partial charge in [0.2, 0.25) is 0 Å². The molecule has 4 heteroatoms. The van der Waals surface area contributed by atoms with Crippen molar-refractivity contribution in [2.45, 2.75) is 43.9 Å². The van der Waals surface area contributed by atoms with Crippen LogP contribution in [0.4, 0.5) is 0 Å². The average Bonchev–Trinajstić information content (AvgIpc) is 2.16. The number of rotatable bonds is 4. The van der Waals surface area contributed by atoms with E-state index in [4.69, 9.17) is 10.8 Å². The van der Waals surface area contributed by atoms with Gasteiger partial charge in [-0.1, -0.05) is 6.92 Å². The molecule has 1 fully saturated rings. The lowest BCUT2D eigenvalue weighted by molar-refractivity contribution is -0.137. The van der Waals surface area contributed by atoms with Gasteiger partial charge in [-0.25, -0.2) is 0 Å². The third-order valence-corrected chi connectivity index (χ3v) is 4.29. The normalized spacial score (nSPS) is 29.9. The Bertz CT molecular complexity index is 191. The van der Waals surface area contributed by atoms with Crippen molar-refractivity contribution in [3.8, 4) is 0 Å². The van der Waals surface area contributed by atoms with E-state index in [1.807, 2.05) is 0 Å². The van der Waals surface area contributed by atoms with Crippen LogP contribution in [0.5, 0.6) is 0 Å². The molecule has 0 heterocycles. The van der Waals surface area contributed by atoms with Crippen LogP contribution in [0.3, 0.4) is 0 Å². The first-order valence-electron chi connectivity index (χ1n) is 5.19. The number of nitrogens with two attached hydrogens (primary N) is 1. The Hall–Kier alpha value is -0.220. The first-order chi connectivity index (χ1) is 6.59. The molecule has 0 radical (unpaired) electrons. The van der Waals surface area contributed by atoms with E-state index >= 15 is 0 Å². The van der Waals surface area contributed by atoms with E-state index in [2.05, 4.69) is 6.92 Å². The fraction of sp³-hybridized carbons (Fsp3) is 0.900. The summed E-state index contributed by atoms with van der Waals surface area (Å²) >= 11 is 1.73. The molecule has 1 aliphatic rings. The second kappa shape index (κ2) is 5.61. The molecular weight excluding hydrogens is 198 g/mol. The highest BCUT2D eigenvalue weighted by atomic mass is 32.2. The van der Waals surface area contributed by atoms with Crippen molar-refractivity contribution in [2.75, 3.05) is 5.75 Å². The van der Waals surface area contributed by atoms with E-state index in [-0.39, 0.29) is 0 Å². The predicted octanol–water partition coefficient (Wildman–Crippen LogP) is 1.71. The summed E-state index contributed by atoms with van der Waals surface area (Å²) in [4.78, 5) is 10.5. The minimum atomic E-state index is -0.887. The Balaban J connectivity index is 2.16. The lowest BCUT2D eigenvalue weighted by atomic mass is 9.91. The van der Waals surface area contributed by atoms with Crippen LogP contribution >= 0.6 is 11.8 Å². The van der Waals surface area contributed by atoms with Crippen molar-refractivity contribution in [2.24, 2.45) is 11.7 Å². The molecule has 3 nitrogen and oxygen atoms in total. The fourth-order valence-electron chi connectivity index (χ4n) is 1.71. The smallest absolute Gasteiger partial charge is 0.321 e. The van der Waals surface area contributed by atoms with Crippen LogP contribution in [0.1, 0.15) is 32.6 Å². The number of aliphatic carboxylic acids is 1. The molecule has 0 spiro atoms. The van der Waals surface area contributed by atoms with Crippen LogP contribution in [0.15, 0.2) is 0 Å². The van der Waals surface area contributed by atoms with Crippen LogP contribution < -0.4 is 5.73 Å². The molecule has 82 valence electrons. The van der Waals surface area contributed by atoms with Crippen molar-refractivity contribution in [1.29, 1.82) is 0 Å². The van der Waals surface area contributed by atoms with Gasteiger partial charge in [0.05, 0.1) is 0 Å². The molecular formula is C10H19NO2S. The summed E-state index contributed by atoms with van der Waals surface area (Å²) in [7, 11) is 0. The number of hydrogen-bond donors (Lipinski definition) is 2. The van der Waals surface area contributed by atoms with E-state index in [0.717, 1.165) is 5.92 Å². The van der Waals surface area contributed by atoms with E-state index < -0.39 is 12.0 Å². The Labute approximate surface area is 89.4 Å². The molecule has 1 rings (SSSR count). The second-order valence-electron chi connectivity index (χ2n) is 4.16. The minimum Gasteiger partial charge on any atom is -0.480 e. The van der Waals surface area contributed by atoms with Gasteiger partial charge in [-0.2, -0.15) is 11.8 Å². The van der Waals surface area contributed by atoms with E-state index in [1.165, 1.54) is 25.7 Å². The van der Waals surface area contributed by atoms with E-state index in [9.17, 15) is 4.79 Å². The van der Waals surface area contributed by atoms with Gasteiger partial charge in [0, 0.05) is 11.0 Å². The Morgan fingerprint density at radius 3 is 2.57 bits per heavy atom. The third-order valence-electron chi connectivity index (χ3n) is 2.79. The molecule has 0 aromatic heterocycles. The van der Waals surface area contributed by atoms with Gasteiger partial charge in [0.1, 0.15) is 6.04 Å². The maximum absolute atomic E-state index is 10.5. The third kappa shape index (κ3) is 3.88. The van der Waals surface area contributed by atoms with Gasteiger partial charge in [0.25, 0.3) is 0 Å². The summed E-state index contributed by atoms with van der Waals surface area (Å²) in [6, 6.07) is -0.695. The fourth-order valence-corrected chi connectivity index (χ4v) is 2.93. The van der Waals surface area contributed by atoms with Gasteiger partial charge >= 0.3 is 5.97 Å². The number of hydrogen-bond acceptors (Lipinski definition) is 3. The molecule has 0 saturated heterocycles. The predicted molar refractivity (Wildman–Crippen MR) is 59.5 cm³/mol. The SMILES string of the molecule is CC1CCC(SC[C@H](N)C(=O)O)CC1. The molecule has 1 aliphatic carbocycles. The van der Waals surface area contributed by atoms with Crippen LogP contribution in [-0.2, 0) is 4.79 Å². The van der Waals surface area contributed by atoms with Gasteiger partial charge in [0.15, 0.2) is 0 Å². The van der Waals surface area contributed by atoms with Crippen molar-refractivity contribution in [3.05, 3.63) is 0 Å². The van der Waals surface area contributed by atoms with Gasteiger partial charge in [-0.15, -0.1) is 0 Å². The zero-order chi connectivity index (χ0) is 10.6. The largest absolute Gasteiger partial charge is 0.480 e. The lowest BCUT2D eigenvalue weighted by Gasteiger charge is -2.26. The topological polar surface area (TPSA) is 63.3 Å². The van der Waals surface area contributed by atoms with E-state index in [1.54, 1.807) is 11.8 Å². The Morgan fingerprint density at radius 2 is 2.07 bits per heavy atom. The first-order valence-corrected chi connectivity index (χ1v) is 6.24. The van der Waals surface area contributed by atoms with Crippen molar-refractivity contribution >= 4 is 17.7 Å². The molecule has 1 saturated carbocycles. The van der Waals surface area contributed by atoms with E-state index in [0.29, 0.717) is 11.0 Å². The Morgan fingerprint density at radius 1 is 1.50 bits per heavy atom. The summed E-state index contributed by atoms with van der Waals surface area (Å²) in [5.41, 5.74) is 5.44. The number of thioether (sulfide) groups is 1. The average molecular weight is 217 g/mol. The lowest BCUT2D eigenvalue weighted by Crippen LogP contribution is -2.33. The Kier molecular flexibility index (Phi) is 4.75. The highest BCUT2D eigenvalue weighted by Crippen LogP contribution is 2.31. The van der Waals surface area contributed by atoms with Crippen molar-refractivity contribution < 1.29 is 9.90 Å². The molecule has 0 aromatic rings. The second-order valence-corrected chi connectivity index (χ2v) is 5.49. The molecule has 3 N–H and O–H groups in total. The summed E-state index contributed by atoms with van der Waals surface area (Å²) in [6.07, 6.45) is 5.00. The van der Waals surface area contributed by atoms with Crippen molar-refractivity contribution in [1.82, 2.24) is 0 Å². The van der Waals surface area contributed by atoms with Crippen LogP contribution in [0.2, 0.25) is 0 Å². The van der Waals surface area contributed by atoms with Gasteiger partial charge < -0.3 is 10.8 Å². The summed E-state index contributed by atoms with van der Waals surface area (Å²) in [6.45, 7) is 2.28. The minimum absolute atomic E-state index is 0.550. The number of carboxylic acid groups (broad SMARTS) is 1. The van der Waals surface area contributed by atoms with Gasteiger partial charge in [-0.3, -0.25) is 4.79 Å². The maximum atomic E-state index is 10.5. The summed E-state index contributed by atoms with van der Waals surface area (Å²) in [5.74, 6) is 0.510. The molecule has 0 unspecified atom stereocenters. The van der Waals surface area contributed by atoms with Crippen LogP contribution in [0.25, 0.3) is 0 Å². The zero-order valence-electron chi connectivity index (χ0n) is 8.61. The zero-order valence-corrected chi connectivity index (χ0v) is 9.43. The highest BCUT2D eigenvalue weighted by molar-refractivity contribution is 7.99. The molecule has 14 heavy (non-hydrogen) atoms. The molecule has 0 bridgehead atoms. The quantitative estimate of drug-likeness (QED) is 0.752. The number of carboxylic acids is 1.